The molecule has 0 aliphatic carbocycles. The van der Waals surface area contributed by atoms with E-state index in [0.717, 1.165) is 0 Å². The Balaban J connectivity index is 2.24. The number of aliphatic hydroxyl groups is 1. The van der Waals surface area contributed by atoms with Gasteiger partial charge in [0.1, 0.15) is 0 Å². The molecule has 132 valence electrons. The zero-order valence-corrected chi connectivity index (χ0v) is 12.6. The Morgan fingerprint density at radius 2 is 1.56 bits per heavy atom. The topological polar surface area (TPSA) is 234 Å². The predicted molar refractivity (Wildman–Crippen MR) is 81.7 cm³/mol. The number of rotatable bonds is 1. The zero-order valence-electron chi connectivity index (χ0n) is 12.6. The van der Waals surface area contributed by atoms with E-state index in [4.69, 9.17) is 28.7 Å². The van der Waals surface area contributed by atoms with Crippen molar-refractivity contribution in [1.82, 2.24) is 10.2 Å². The Bertz CT molecular complexity index is 864. The normalized spacial score (nSPS) is 27.3. The van der Waals surface area contributed by atoms with Crippen molar-refractivity contribution in [1.29, 1.82) is 0 Å². The molecule has 1 unspecified atom stereocenters. The molecule has 2 heterocycles. The lowest BCUT2D eigenvalue weighted by Crippen LogP contribution is -2.96. The van der Waals surface area contributed by atoms with E-state index < -0.39 is 40.7 Å². The number of nitrogens with zero attached hydrogens (tertiary/aromatic N) is 1. The first-order valence-corrected chi connectivity index (χ1v) is 6.90. The van der Waals surface area contributed by atoms with Gasteiger partial charge in [-0.25, -0.2) is 4.90 Å². The Hall–Kier alpha value is -2.90. The Labute approximate surface area is 139 Å². The van der Waals surface area contributed by atoms with Crippen LogP contribution >= 0.6 is 0 Å². The molecule has 2 aliphatic heterocycles. The van der Waals surface area contributed by atoms with Crippen LogP contribution < -0.4 is 34.0 Å². The summed E-state index contributed by atoms with van der Waals surface area (Å²) in [6, 6.07) is 4.00. The van der Waals surface area contributed by atoms with Crippen molar-refractivity contribution in [3.63, 3.8) is 0 Å². The third-order valence-corrected chi connectivity index (χ3v) is 4.45. The molecule has 1 aromatic rings. The number of carbonyl (C=O) groups is 4. The SMILES string of the molecule is Nc1cccc2c1C(=O)N(C1(O)C(=O)NC(=O)C(N)(N)C1(N)N)C2=O. The molecule has 0 bridgehead atoms. The fraction of sp³-hybridized carbons (Fsp3) is 0.231. The second kappa shape index (κ2) is 4.59. The monoisotopic (exact) mass is 349 g/mol. The van der Waals surface area contributed by atoms with Gasteiger partial charge in [0.05, 0.1) is 11.1 Å². The van der Waals surface area contributed by atoms with Crippen LogP contribution in [0.2, 0.25) is 0 Å². The summed E-state index contributed by atoms with van der Waals surface area (Å²) in [7, 11) is 0. The largest absolute Gasteiger partial charge is 0.398 e. The highest BCUT2D eigenvalue weighted by atomic mass is 16.3. The number of nitrogen functional groups attached to an aromatic ring is 1. The third-order valence-electron chi connectivity index (χ3n) is 4.45. The highest BCUT2D eigenvalue weighted by Crippen LogP contribution is 2.38. The highest BCUT2D eigenvalue weighted by molar-refractivity contribution is 6.26. The average molecular weight is 349 g/mol. The molecule has 0 spiro atoms. The Kier molecular flexibility index (Phi) is 3.11. The van der Waals surface area contributed by atoms with Crippen LogP contribution in [0.15, 0.2) is 18.2 Å². The van der Waals surface area contributed by atoms with Crippen LogP contribution in [0.1, 0.15) is 20.7 Å². The van der Waals surface area contributed by atoms with Crippen LogP contribution in [0.3, 0.4) is 0 Å². The minimum Gasteiger partial charge on any atom is -0.398 e. The van der Waals surface area contributed by atoms with Crippen LogP contribution in [0.25, 0.3) is 0 Å². The molecule has 4 amide bonds. The van der Waals surface area contributed by atoms with Gasteiger partial charge in [-0.3, -0.25) is 24.5 Å². The van der Waals surface area contributed by atoms with E-state index in [2.05, 4.69) is 0 Å². The maximum atomic E-state index is 12.7. The van der Waals surface area contributed by atoms with Crippen LogP contribution in [-0.2, 0) is 9.59 Å². The molecule has 1 atom stereocenters. The van der Waals surface area contributed by atoms with Gasteiger partial charge in [-0.2, -0.15) is 0 Å². The summed E-state index contributed by atoms with van der Waals surface area (Å²) in [4.78, 5) is 49.5. The van der Waals surface area contributed by atoms with Crippen molar-refractivity contribution in [3.8, 4) is 0 Å². The number of amides is 4. The molecule has 12 N–H and O–H groups in total. The molecule has 1 aromatic carbocycles. The fourth-order valence-corrected chi connectivity index (χ4v) is 2.85. The van der Waals surface area contributed by atoms with Gasteiger partial charge in [-0.15, -0.1) is 0 Å². The second-order valence-electron chi connectivity index (χ2n) is 5.91. The predicted octanol–water partition coefficient (Wildman–Crippen LogP) is -4.56. The number of piperidine rings is 1. The highest BCUT2D eigenvalue weighted by Gasteiger charge is 2.72. The van der Waals surface area contributed by atoms with E-state index in [1.54, 1.807) is 5.32 Å². The number of carbonyl (C=O) groups excluding carboxylic acids is 4. The van der Waals surface area contributed by atoms with Gasteiger partial charge in [0.2, 0.25) is 0 Å². The molecule has 2 aliphatic rings. The first-order valence-electron chi connectivity index (χ1n) is 6.90. The molecular weight excluding hydrogens is 334 g/mol. The van der Waals surface area contributed by atoms with Gasteiger partial charge >= 0.3 is 0 Å². The van der Waals surface area contributed by atoms with E-state index in [1.165, 1.54) is 18.2 Å². The first kappa shape index (κ1) is 16.9. The molecular formula is C13H15N7O5. The number of hydrogen-bond acceptors (Lipinski definition) is 10. The lowest BCUT2D eigenvalue weighted by molar-refractivity contribution is -0.187. The van der Waals surface area contributed by atoms with E-state index >= 15 is 0 Å². The van der Waals surface area contributed by atoms with Crippen LogP contribution in [0, 0.1) is 0 Å². The minimum atomic E-state index is -3.25. The smallest absolute Gasteiger partial charge is 0.284 e. The summed E-state index contributed by atoms with van der Waals surface area (Å²) in [6.45, 7) is 0. The van der Waals surface area contributed by atoms with Crippen molar-refractivity contribution in [3.05, 3.63) is 29.3 Å². The molecule has 1 fully saturated rings. The molecule has 0 radical (unpaired) electrons. The number of anilines is 1. The van der Waals surface area contributed by atoms with Crippen molar-refractivity contribution in [2.45, 2.75) is 17.1 Å². The maximum absolute atomic E-state index is 12.7. The molecule has 0 aromatic heterocycles. The van der Waals surface area contributed by atoms with Gasteiger partial charge in [-0.1, -0.05) is 6.07 Å². The van der Waals surface area contributed by atoms with Crippen molar-refractivity contribution in [2.75, 3.05) is 5.73 Å². The number of fused-ring (bicyclic) bond motifs is 1. The summed E-state index contributed by atoms with van der Waals surface area (Å²) in [5, 5.41) is 12.6. The zero-order chi connectivity index (χ0) is 18.9. The standard InChI is InChI=1S/C13H15N7O5/c14-5-3-1-2-4-6(5)8(22)20(7(4)21)12(25)10(24)19-9(23)11(15,16)13(12,17)18/h1-3,25H,14-18H2,(H,19,23,24). The number of nitrogens with two attached hydrogens (primary N) is 5. The van der Waals surface area contributed by atoms with Crippen LogP contribution in [0.4, 0.5) is 5.69 Å². The molecule has 3 rings (SSSR count). The second-order valence-corrected chi connectivity index (χ2v) is 5.91. The van der Waals surface area contributed by atoms with Crippen molar-refractivity contribution < 1.29 is 24.3 Å². The number of hydrogen-bond donors (Lipinski definition) is 7. The Morgan fingerprint density at radius 1 is 0.960 bits per heavy atom. The van der Waals surface area contributed by atoms with Gasteiger partial charge in [0, 0.05) is 5.69 Å². The van der Waals surface area contributed by atoms with Gasteiger partial charge < -0.3 is 33.8 Å². The average Bonchev–Trinajstić information content (AvgIpc) is 2.77. The van der Waals surface area contributed by atoms with Gasteiger partial charge in [0.25, 0.3) is 29.4 Å². The number of benzene rings is 1. The first-order chi connectivity index (χ1) is 11.4. The summed E-state index contributed by atoms with van der Waals surface area (Å²) in [5.41, 5.74) is 18.9. The summed E-state index contributed by atoms with van der Waals surface area (Å²) in [5.74, 6) is -5.05. The summed E-state index contributed by atoms with van der Waals surface area (Å²) in [6.07, 6.45) is 0. The van der Waals surface area contributed by atoms with E-state index in [0.29, 0.717) is 0 Å². The van der Waals surface area contributed by atoms with E-state index in [1.807, 2.05) is 0 Å². The third kappa shape index (κ3) is 1.71. The molecule has 25 heavy (non-hydrogen) atoms. The quantitative estimate of drug-likeness (QED) is 0.145. The van der Waals surface area contributed by atoms with Crippen LogP contribution in [0.5, 0.6) is 0 Å². The summed E-state index contributed by atoms with van der Waals surface area (Å²) >= 11 is 0. The van der Waals surface area contributed by atoms with Gasteiger partial charge in [-0.05, 0) is 12.1 Å². The maximum Gasteiger partial charge on any atom is 0.284 e. The van der Waals surface area contributed by atoms with Gasteiger partial charge in [0.15, 0.2) is 11.3 Å². The number of imide groups is 2. The van der Waals surface area contributed by atoms with Crippen molar-refractivity contribution >= 4 is 29.3 Å². The minimum absolute atomic E-state index is 0.0688. The van der Waals surface area contributed by atoms with E-state index in [-0.39, 0.29) is 21.7 Å². The fourth-order valence-electron chi connectivity index (χ4n) is 2.85. The number of nitrogens with one attached hydrogen (secondary N) is 1. The molecule has 1 saturated heterocycles. The van der Waals surface area contributed by atoms with Crippen LogP contribution in [-0.4, -0.2) is 50.7 Å². The molecule has 12 heteroatoms. The van der Waals surface area contributed by atoms with Crippen molar-refractivity contribution in [2.24, 2.45) is 22.9 Å². The molecule has 12 nitrogen and oxygen atoms in total. The lowest BCUT2D eigenvalue weighted by Gasteiger charge is -2.53. The van der Waals surface area contributed by atoms with E-state index in [9.17, 15) is 24.3 Å². The molecule has 0 saturated carbocycles. The Morgan fingerprint density at radius 3 is 2.12 bits per heavy atom. The summed E-state index contributed by atoms with van der Waals surface area (Å²) < 4.78 is 0. The lowest BCUT2D eigenvalue weighted by atomic mass is 9.79.